The SMILES string of the molecule is C=C1N=c2[nH]c(C)cc2=CN1c1ccc(CNCCCN)cc1.CC.CC. The first-order valence-corrected chi connectivity index (χ1v) is 9.91. The van der Waals surface area contributed by atoms with Crippen molar-refractivity contribution >= 4 is 11.9 Å². The molecule has 2 heterocycles. The highest BCUT2D eigenvalue weighted by Gasteiger charge is 2.12. The monoisotopic (exact) mass is 369 g/mol. The van der Waals surface area contributed by atoms with E-state index in [1.54, 1.807) is 0 Å². The van der Waals surface area contributed by atoms with E-state index in [1.807, 2.05) is 39.5 Å². The molecule has 1 aromatic carbocycles. The molecule has 0 unspecified atom stereocenters. The van der Waals surface area contributed by atoms with Crippen LogP contribution >= 0.6 is 0 Å². The summed E-state index contributed by atoms with van der Waals surface area (Å²) in [6.07, 6.45) is 3.07. The Labute approximate surface area is 163 Å². The van der Waals surface area contributed by atoms with Gasteiger partial charge in [0, 0.05) is 29.3 Å². The van der Waals surface area contributed by atoms with Crippen molar-refractivity contribution < 1.29 is 0 Å². The van der Waals surface area contributed by atoms with Crippen LogP contribution in [0.1, 0.15) is 45.4 Å². The van der Waals surface area contributed by atoms with Gasteiger partial charge in [-0.25, -0.2) is 4.99 Å². The number of benzene rings is 1. The number of aromatic nitrogens is 1. The molecule has 0 amide bonds. The summed E-state index contributed by atoms with van der Waals surface area (Å²) in [6, 6.07) is 10.5. The number of H-pyrrole nitrogens is 1. The van der Waals surface area contributed by atoms with Crippen LogP contribution in [0, 0.1) is 6.92 Å². The molecule has 1 aliphatic heterocycles. The van der Waals surface area contributed by atoms with E-state index in [1.165, 1.54) is 5.56 Å². The Morgan fingerprint density at radius 2 is 1.81 bits per heavy atom. The molecule has 0 bridgehead atoms. The maximum atomic E-state index is 5.49. The molecule has 0 saturated carbocycles. The molecule has 0 saturated heterocycles. The molecule has 2 aromatic rings. The highest BCUT2D eigenvalue weighted by atomic mass is 15.2. The Morgan fingerprint density at radius 1 is 1.15 bits per heavy atom. The van der Waals surface area contributed by atoms with Gasteiger partial charge in [0.05, 0.1) is 0 Å². The number of nitrogens with one attached hydrogen (secondary N) is 2. The first-order valence-electron chi connectivity index (χ1n) is 9.91. The lowest BCUT2D eigenvalue weighted by Crippen LogP contribution is -2.33. The van der Waals surface area contributed by atoms with Gasteiger partial charge in [-0.1, -0.05) is 46.4 Å². The molecule has 5 heteroatoms. The van der Waals surface area contributed by atoms with Crippen molar-refractivity contribution in [3.05, 3.63) is 64.7 Å². The highest BCUT2D eigenvalue weighted by molar-refractivity contribution is 5.64. The van der Waals surface area contributed by atoms with Crippen LogP contribution in [0.3, 0.4) is 0 Å². The minimum atomic E-state index is 0.716. The predicted octanol–water partition coefficient (Wildman–Crippen LogP) is 3.16. The van der Waals surface area contributed by atoms with Gasteiger partial charge in [0.15, 0.2) is 0 Å². The molecule has 27 heavy (non-hydrogen) atoms. The first-order chi connectivity index (χ1) is 13.2. The molecule has 4 N–H and O–H groups in total. The standard InChI is InChI=1S/C18H23N5.2C2H6/c1-13-10-16-12-23(14(2)22-18(16)21-13)17-6-4-15(5-7-17)11-20-9-3-8-19;2*1-2/h4-7,10,12,20H,2-3,8-9,11,19H2,1H3,(H,21,22);2*1-2H3. The molecule has 1 aromatic heterocycles. The zero-order chi connectivity index (χ0) is 20.2. The van der Waals surface area contributed by atoms with E-state index in [2.05, 4.69) is 58.4 Å². The zero-order valence-corrected chi connectivity index (χ0v) is 17.5. The molecule has 0 radical (unpaired) electrons. The Balaban J connectivity index is 0.000000855. The average molecular weight is 370 g/mol. The molecule has 1 aliphatic rings. The van der Waals surface area contributed by atoms with E-state index in [4.69, 9.17) is 5.73 Å². The van der Waals surface area contributed by atoms with Gasteiger partial charge in [0.25, 0.3) is 0 Å². The minimum absolute atomic E-state index is 0.716. The van der Waals surface area contributed by atoms with Crippen molar-refractivity contribution in [3.8, 4) is 0 Å². The normalized spacial score (nSPS) is 11.9. The summed E-state index contributed by atoms with van der Waals surface area (Å²) in [4.78, 5) is 9.79. The van der Waals surface area contributed by atoms with Crippen molar-refractivity contribution in [1.29, 1.82) is 0 Å². The van der Waals surface area contributed by atoms with Crippen LogP contribution in [0.15, 0.2) is 47.7 Å². The van der Waals surface area contributed by atoms with Crippen LogP contribution < -0.4 is 26.7 Å². The van der Waals surface area contributed by atoms with Crippen molar-refractivity contribution in [3.63, 3.8) is 0 Å². The number of anilines is 1. The summed E-state index contributed by atoms with van der Waals surface area (Å²) in [5.41, 5.74) is 9.79. The molecule has 0 atom stereocenters. The highest BCUT2D eigenvalue weighted by Crippen LogP contribution is 2.21. The summed E-state index contributed by atoms with van der Waals surface area (Å²) in [5, 5.41) is 4.47. The van der Waals surface area contributed by atoms with Crippen LogP contribution in [0.4, 0.5) is 5.69 Å². The number of hydrogen-bond acceptors (Lipinski definition) is 4. The van der Waals surface area contributed by atoms with E-state index in [9.17, 15) is 0 Å². The second-order valence-corrected chi connectivity index (χ2v) is 5.77. The van der Waals surface area contributed by atoms with Gasteiger partial charge < -0.3 is 20.9 Å². The van der Waals surface area contributed by atoms with Crippen LogP contribution in [-0.2, 0) is 6.54 Å². The fraction of sp³-hybridized carbons (Fsp3) is 0.409. The maximum Gasteiger partial charge on any atom is 0.141 e. The lowest BCUT2D eigenvalue weighted by atomic mass is 10.2. The largest absolute Gasteiger partial charge is 0.343 e. The average Bonchev–Trinajstić information content (AvgIpc) is 3.07. The molecular weight excluding hydrogens is 334 g/mol. The van der Waals surface area contributed by atoms with Crippen LogP contribution in [0.25, 0.3) is 6.20 Å². The van der Waals surface area contributed by atoms with E-state index in [0.29, 0.717) is 5.82 Å². The van der Waals surface area contributed by atoms with Crippen LogP contribution in [0.5, 0.6) is 0 Å². The zero-order valence-electron chi connectivity index (χ0n) is 17.5. The smallest absolute Gasteiger partial charge is 0.141 e. The van der Waals surface area contributed by atoms with Gasteiger partial charge in [-0.3, -0.25) is 0 Å². The Morgan fingerprint density at radius 3 is 2.44 bits per heavy atom. The minimum Gasteiger partial charge on any atom is -0.343 e. The first kappa shape index (κ1) is 22.7. The van der Waals surface area contributed by atoms with Gasteiger partial charge in [-0.05, 0) is 50.2 Å². The van der Waals surface area contributed by atoms with Crippen LogP contribution in [0.2, 0.25) is 0 Å². The lowest BCUT2D eigenvalue weighted by Gasteiger charge is -2.21. The fourth-order valence-corrected chi connectivity index (χ4v) is 2.64. The van der Waals surface area contributed by atoms with Gasteiger partial charge >= 0.3 is 0 Å². The second-order valence-electron chi connectivity index (χ2n) is 5.77. The molecule has 3 rings (SSSR count). The number of rotatable bonds is 6. The molecular formula is C22H35N5. The van der Waals surface area contributed by atoms with E-state index in [0.717, 1.165) is 48.1 Å². The van der Waals surface area contributed by atoms with E-state index >= 15 is 0 Å². The summed E-state index contributed by atoms with van der Waals surface area (Å²) in [5.74, 6) is 0.716. The third-order valence-corrected chi connectivity index (χ3v) is 3.85. The van der Waals surface area contributed by atoms with Crippen molar-refractivity contribution in [2.24, 2.45) is 10.7 Å². The fourth-order valence-electron chi connectivity index (χ4n) is 2.64. The topological polar surface area (TPSA) is 69.4 Å². The number of hydrogen-bond donors (Lipinski definition) is 3. The van der Waals surface area contributed by atoms with Crippen LogP contribution in [-0.4, -0.2) is 18.1 Å². The van der Waals surface area contributed by atoms with Crippen molar-refractivity contribution in [2.45, 2.75) is 47.6 Å². The van der Waals surface area contributed by atoms with Gasteiger partial charge in [0.1, 0.15) is 11.3 Å². The van der Waals surface area contributed by atoms with Gasteiger partial charge in [-0.15, -0.1) is 0 Å². The van der Waals surface area contributed by atoms with E-state index in [-0.39, 0.29) is 0 Å². The Bertz CT molecular complexity index is 802. The van der Waals surface area contributed by atoms with E-state index < -0.39 is 0 Å². The third kappa shape index (κ3) is 6.38. The predicted molar refractivity (Wildman–Crippen MR) is 117 cm³/mol. The Kier molecular flexibility index (Phi) is 10.2. The number of nitrogens with zero attached hydrogens (tertiary/aromatic N) is 2. The van der Waals surface area contributed by atoms with Crippen molar-refractivity contribution in [1.82, 2.24) is 10.3 Å². The number of fused-ring (bicyclic) bond motifs is 1. The summed E-state index contributed by atoms with van der Waals surface area (Å²) >= 11 is 0. The molecule has 0 aliphatic carbocycles. The molecule has 0 spiro atoms. The van der Waals surface area contributed by atoms with Gasteiger partial charge in [0.2, 0.25) is 0 Å². The summed E-state index contributed by atoms with van der Waals surface area (Å²) in [6.45, 7) is 16.6. The number of aromatic amines is 1. The van der Waals surface area contributed by atoms with Gasteiger partial charge in [-0.2, -0.15) is 0 Å². The molecule has 148 valence electrons. The lowest BCUT2D eigenvalue weighted by molar-refractivity contribution is 0.655. The quantitative estimate of drug-likeness (QED) is 0.685. The van der Waals surface area contributed by atoms with Crippen molar-refractivity contribution in [2.75, 3.05) is 18.0 Å². The summed E-state index contributed by atoms with van der Waals surface area (Å²) in [7, 11) is 0. The summed E-state index contributed by atoms with van der Waals surface area (Å²) < 4.78 is 0. The Hall–Kier alpha value is -2.37. The third-order valence-electron chi connectivity index (χ3n) is 3.85. The molecule has 0 fully saturated rings. The number of nitrogens with two attached hydrogens (primary N) is 1. The number of aryl methyl sites for hydroxylation is 1. The second kappa shape index (κ2) is 12.1. The maximum absolute atomic E-state index is 5.49. The molecule has 5 nitrogen and oxygen atoms in total.